The van der Waals surface area contributed by atoms with Crippen LogP contribution in [0.3, 0.4) is 0 Å². The van der Waals surface area contributed by atoms with E-state index >= 15 is 0 Å². The Balaban J connectivity index is 1.50. The van der Waals surface area contributed by atoms with Crippen molar-refractivity contribution < 1.29 is 0 Å². The van der Waals surface area contributed by atoms with Gasteiger partial charge in [0.05, 0.1) is 16.7 Å². The summed E-state index contributed by atoms with van der Waals surface area (Å²) in [6.45, 7) is 4.63. The molecule has 0 aliphatic carbocycles. The molecule has 172 valence electrons. The Kier molecular flexibility index (Phi) is 4.45. The standard InChI is InChI=1S/C32H24N4/c1-32(2)25-13-8-14-27-30(25)36(31(35-27)28-17-18-33-20-34-28)29-16-15-22(19-26(29)32)24-12-7-6-11-23(24)21-9-4-3-5-10-21/h3-20H,1-2H3. The fourth-order valence-corrected chi connectivity index (χ4v) is 5.61. The molecular formula is C32H24N4. The molecule has 4 heteroatoms. The average Bonchev–Trinajstić information content (AvgIpc) is 3.33. The van der Waals surface area contributed by atoms with E-state index in [1.165, 1.54) is 33.4 Å². The molecular weight excluding hydrogens is 440 g/mol. The Morgan fingerprint density at radius 3 is 2.25 bits per heavy atom. The highest BCUT2D eigenvalue weighted by atomic mass is 15.1. The van der Waals surface area contributed by atoms with E-state index < -0.39 is 0 Å². The molecule has 0 unspecified atom stereocenters. The van der Waals surface area contributed by atoms with Gasteiger partial charge in [-0.3, -0.25) is 4.57 Å². The zero-order valence-corrected chi connectivity index (χ0v) is 20.2. The number of rotatable bonds is 3. The highest BCUT2D eigenvalue weighted by molar-refractivity contribution is 5.91. The van der Waals surface area contributed by atoms with Gasteiger partial charge in [0.25, 0.3) is 0 Å². The molecule has 4 aromatic carbocycles. The highest BCUT2D eigenvalue weighted by Crippen LogP contribution is 2.47. The number of fused-ring (bicyclic) bond motifs is 2. The number of aromatic nitrogens is 4. The van der Waals surface area contributed by atoms with Crippen molar-refractivity contribution >= 4 is 11.0 Å². The van der Waals surface area contributed by atoms with Crippen LogP contribution in [0.25, 0.3) is 50.5 Å². The van der Waals surface area contributed by atoms with Crippen LogP contribution >= 0.6 is 0 Å². The van der Waals surface area contributed by atoms with E-state index in [9.17, 15) is 0 Å². The zero-order valence-electron chi connectivity index (χ0n) is 20.2. The maximum absolute atomic E-state index is 5.03. The van der Waals surface area contributed by atoms with E-state index in [0.29, 0.717) is 0 Å². The molecule has 0 amide bonds. The number of hydrogen-bond acceptors (Lipinski definition) is 3. The molecule has 7 rings (SSSR count). The van der Waals surface area contributed by atoms with E-state index in [2.05, 4.69) is 119 Å². The zero-order chi connectivity index (χ0) is 24.3. The number of nitrogens with zero attached hydrogens (tertiary/aromatic N) is 4. The van der Waals surface area contributed by atoms with Crippen molar-refractivity contribution in [2.45, 2.75) is 19.3 Å². The lowest BCUT2D eigenvalue weighted by atomic mass is 9.74. The number of hydrogen-bond donors (Lipinski definition) is 0. The van der Waals surface area contributed by atoms with Crippen LogP contribution in [0.1, 0.15) is 25.0 Å². The molecule has 0 saturated carbocycles. The van der Waals surface area contributed by atoms with Gasteiger partial charge in [0.2, 0.25) is 0 Å². The van der Waals surface area contributed by atoms with Crippen LogP contribution in [0.2, 0.25) is 0 Å². The third-order valence-electron chi connectivity index (χ3n) is 7.39. The van der Waals surface area contributed by atoms with Crippen LogP contribution < -0.4 is 0 Å². The SMILES string of the molecule is CC1(C)c2cc(-c3ccccc3-c3ccccc3)ccc2-n2c(-c3ccncn3)nc3cccc1c32. The van der Waals surface area contributed by atoms with Crippen LogP contribution in [0.4, 0.5) is 0 Å². The third-order valence-corrected chi connectivity index (χ3v) is 7.39. The van der Waals surface area contributed by atoms with Gasteiger partial charge >= 0.3 is 0 Å². The van der Waals surface area contributed by atoms with Gasteiger partial charge in [-0.1, -0.05) is 86.6 Å². The quantitative estimate of drug-likeness (QED) is 0.273. The molecule has 0 radical (unpaired) electrons. The Labute approximate surface area is 210 Å². The Morgan fingerprint density at radius 1 is 0.694 bits per heavy atom. The molecule has 1 aliphatic rings. The lowest BCUT2D eigenvalue weighted by molar-refractivity contribution is 0.629. The molecule has 0 saturated heterocycles. The lowest BCUT2D eigenvalue weighted by Gasteiger charge is -2.35. The summed E-state index contributed by atoms with van der Waals surface area (Å²) in [7, 11) is 0. The topological polar surface area (TPSA) is 43.6 Å². The van der Waals surface area contributed by atoms with Crippen LogP contribution in [-0.4, -0.2) is 19.5 Å². The van der Waals surface area contributed by atoms with Crippen molar-refractivity contribution in [3.8, 4) is 39.5 Å². The van der Waals surface area contributed by atoms with E-state index in [1.54, 1.807) is 12.5 Å². The summed E-state index contributed by atoms with van der Waals surface area (Å²) < 4.78 is 2.28. The lowest BCUT2D eigenvalue weighted by Crippen LogP contribution is -2.26. The van der Waals surface area contributed by atoms with Gasteiger partial charge in [-0.2, -0.15) is 0 Å². The largest absolute Gasteiger partial charge is 0.290 e. The van der Waals surface area contributed by atoms with E-state index in [1.807, 2.05) is 6.07 Å². The first-order valence-electron chi connectivity index (χ1n) is 12.2. The molecule has 0 spiro atoms. The molecule has 4 nitrogen and oxygen atoms in total. The fourth-order valence-electron chi connectivity index (χ4n) is 5.61. The Hall–Kier alpha value is -4.57. The molecule has 0 bridgehead atoms. The summed E-state index contributed by atoms with van der Waals surface area (Å²) >= 11 is 0. The summed E-state index contributed by atoms with van der Waals surface area (Å²) in [6, 6.07) is 34.5. The van der Waals surface area contributed by atoms with Gasteiger partial charge in [0, 0.05) is 11.6 Å². The number of benzene rings is 4. The third kappa shape index (κ3) is 2.97. The Bertz CT molecular complexity index is 1750. The van der Waals surface area contributed by atoms with E-state index in [0.717, 1.165) is 28.2 Å². The first-order valence-corrected chi connectivity index (χ1v) is 12.2. The Morgan fingerprint density at radius 2 is 1.47 bits per heavy atom. The van der Waals surface area contributed by atoms with Crippen LogP contribution in [0, 0.1) is 0 Å². The van der Waals surface area contributed by atoms with Gasteiger partial charge in [-0.25, -0.2) is 15.0 Å². The molecule has 0 fully saturated rings. The minimum Gasteiger partial charge on any atom is -0.290 e. The summed E-state index contributed by atoms with van der Waals surface area (Å²) in [4.78, 5) is 13.7. The van der Waals surface area contributed by atoms with Gasteiger partial charge in [-0.15, -0.1) is 0 Å². The van der Waals surface area contributed by atoms with Crippen molar-refractivity contribution in [2.24, 2.45) is 0 Å². The summed E-state index contributed by atoms with van der Waals surface area (Å²) in [6.07, 6.45) is 3.35. The number of imidazole rings is 1. The van der Waals surface area contributed by atoms with Crippen molar-refractivity contribution in [3.63, 3.8) is 0 Å². The number of para-hydroxylation sites is 1. The van der Waals surface area contributed by atoms with Crippen molar-refractivity contribution in [1.29, 1.82) is 0 Å². The van der Waals surface area contributed by atoms with Crippen molar-refractivity contribution in [3.05, 3.63) is 121 Å². The summed E-state index contributed by atoms with van der Waals surface area (Å²) in [5.41, 5.74) is 11.4. The molecule has 0 atom stereocenters. The van der Waals surface area contributed by atoms with E-state index in [-0.39, 0.29) is 5.41 Å². The summed E-state index contributed by atoms with van der Waals surface area (Å²) in [5, 5.41) is 0. The fraction of sp³-hybridized carbons (Fsp3) is 0.0938. The predicted octanol–water partition coefficient (Wildman–Crippen LogP) is 7.46. The summed E-state index contributed by atoms with van der Waals surface area (Å²) in [5.74, 6) is 0.842. The average molecular weight is 465 g/mol. The maximum atomic E-state index is 5.03. The van der Waals surface area contributed by atoms with E-state index in [4.69, 9.17) is 4.98 Å². The smallest absolute Gasteiger partial charge is 0.164 e. The van der Waals surface area contributed by atoms with Gasteiger partial charge in [-0.05, 0) is 57.6 Å². The van der Waals surface area contributed by atoms with Crippen LogP contribution in [0.15, 0.2) is 110 Å². The second-order valence-corrected chi connectivity index (χ2v) is 9.81. The minimum absolute atomic E-state index is 0.189. The molecule has 3 heterocycles. The first-order chi connectivity index (χ1) is 17.6. The molecule has 2 aromatic heterocycles. The first kappa shape index (κ1) is 20.8. The predicted molar refractivity (Wildman–Crippen MR) is 145 cm³/mol. The molecule has 1 aliphatic heterocycles. The minimum atomic E-state index is -0.189. The van der Waals surface area contributed by atoms with Crippen LogP contribution in [-0.2, 0) is 5.41 Å². The van der Waals surface area contributed by atoms with Gasteiger partial charge in [0.1, 0.15) is 12.0 Å². The molecule has 36 heavy (non-hydrogen) atoms. The highest BCUT2D eigenvalue weighted by Gasteiger charge is 2.36. The molecule has 6 aromatic rings. The van der Waals surface area contributed by atoms with Gasteiger partial charge < -0.3 is 0 Å². The monoisotopic (exact) mass is 464 g/mol. The van der Waals surface area contributed by atoms with Crippen LogP contribution in [0.5, 0.6) is 0 Å². The normalized spacial score (nSPS) is 13.5. The van der Waals surface area contributed by atoms with Gasteiger partial charge in [0.15, 0.2) is 5.82 Å². The van der Waals surface area contributed by atoms with Crippen molar-refractivity contribution in [2.75, 3.05) is 0 Å². The van der Waals surface area contributed by atoms with Crippen molar-refractivity contribution in [1.82, 2.24) is 19.5 Å². The second-order valence-electron chi connectivity index (χ2n) is 9.81. The second kappa shape index (κ2) is 7.72. The molecule has 0 N–H and O–H groups in total. The maximum Gasteiger partial charge on any atom is 0.164 e.